The molecular weight excluding hydrogens is 221 g/mol. The molecule has 3 nitrogen and oxygen atoms in total. The Bertz CT molecular complexity index is 414. The molecule has 0 radical (unpaired) electrons. The minimum Gasteiger partial charge on any atom is -0.481 e. The Balaban J connectivity index is 1.92. The fraction of sp³-hybridized carbons (Fsp3) is 0.462. The van der Waals surface area contributed by atoms with E-state index in [0.29, 0.717) is 0 Å². The number of hydrogen-bond acceptors (Lipinski definition) is 2. The Kier molecular flexibility index (Phi) is 3.61. The Morgan fingerprint density at radius 3 is 2.82 bits per heavy atom. The summed E-state index contributed by atoms with van der Waals surface area (Å²) < 4.78 is 18.6. The van der Waals surface area contributed by atoms with Crippen LogP contribution in [-0.2, 0) is 4.79 Å². The number of amides is 1. The second-order valence-electron chi connectivity index (χ2n) is 4.31. The number of carbonyl (C=O) groups excluding carboxylic acids is 1. The number of likely N-dealkylation sites (tertiary alicyclic amines) is 1. The van der Waals surface area contributed by atoms with Gasteiger partial charge in [0, 0.05) is 13.1 Å². The number of ether oxygens (including phenoxy) is 1. The molecule has 1 fully saturated rings. The van der Waals surface area contributed by atoms with Crippen molar-refractivity contribution >= 4 is 5.91 Å². The number of hydrogen-bond donors (Lipinski definition) is 0. The summed E-state index contributed by atoms with van der Waals surface area (Å²) in [4.78, 5) is 13.5. The molecule has 1 heterocycles. The molecule has 1 aromatic rings. The van der Waals surface area contributed by atoms with Crippen molar-refractivity contribution in [3.8, 4) is 5.75 Å². The van der Waals surface area contributed by atoms with Gasteiger partial charge in [-0.2, -0.15) is 0 Å². The quantitative estimate of drug-likeness (QED) is 0.806. The summed E-state index contributed by atoms with van der Waals surface area (Å²) in [6.07, 6.45) is 2.09. The first-order chi connectivity index (χ1) is 8.16. The molecule has 4 heteroatoms. The van der Waals surface area contributed by atoms with Gasteiger partial charge in [0.05, 0.1) is 0 Å². The van der Waals surface area contributed by atoms with Gasteiger partial charge in [0.2, 0.25) is 0 Å². The maximum atomic E-state index is 13.3. The van der Waals surface area contributed by atoms with Crippen LogP contribution >= 0.6 is 0 Å². The smallest absolute Gasteiger partial charge is 0.260 e. The molecule has 0 unspecified atom stereocenters. The van der Waals surface area contributed by atoms with Crippen molar-refractivity contribution in [2.45, 2.75) is 19.8 Å². The summed E-state index contributed by atoms with van der Waals surface area (Å²) in [6, 6.07) is 4.63. The van der Waals surface area contributed by atoms with E-state index in [1.807, 2.05) is 6.92 Å². The largest absolute Gasteiger partial charge is 0.481 e. The lowest BCUT2D eigenvalue weighted by Crippen LogP contribution is -2.32. The van der Waals surface area contributed by atoms with E-state index in [9.17, 15) is 9.18 Å². The Morgan fingerprint density at radius 1 is 1.41 bits per heavy atom. The van der Waals surface area contributed by atoms with Crippen molar-refractivity contribution in [1.82, 2.24) is 4.90 Å². The van der Waals surface area contributed by atoms with Gasteiger partial charge in [-0.3, -0.25) is 4.79 Å². The zero-order valence-corrected chi connectivity index (χ0v) is 9.91. The summed E-state index contributed by atoms with van der Waals surface area (Å²) in [5.74, 6) is -0.342. The molecule has 0 spiro atoms. The van der Waals surface area contributed by atoms with Crippen LogP contribution in [0.3, 0.4) is 0 Å². The van der Waals surface area contributed by atoms with Crippen molar-refractivity contribution < 1.29 is 13.9 Å². The molecule has 0 atom stereocenters. The molecule has 0 bridgehead atoms. The van der Waals surface area contributed by atoms with Crippen LogP contribution in [0.1, 0.15) is 18.4 Å². The van der Waals surface area contributed by atoms with E-state index in [1.165, 1.54) is 6.07 Å². The van der Waals surface area contributed by atoms with Crippen LogP contribution in [0.15, 0.2) is 18.2 Å². The first-order valence-electron chi connectivity index (χ1n) is 5.83. The fourth-order valence-corrected chi connectivity index (χ4v) is 1.92. The lowest BCUT2D eigenvalue weighted by Gasteiger charge is -2.15. The summed E-state index contributed by atoms with van der Waals surface area (Å²) in [5.41, 5.74) is 0.912. The minimum atomic E-state index is -0.426. The van der Waals surface area contributed by atoms with Gasteiger partial charge in [-0.15, -0.1) is 0 Å². The Morgan fingerprint density at radius 2 is 2.12 bits per heavy atom. The van der Waals surface area contributed by atoms with E-state index in [4.69, 9.17) is 4.74 Å². The molecule has 92 valence electrons. The zero-order chi connectivity index (χ0) is 12.3. The number of benzene rings is 1. The fourth-order valence-electron chi connectivity index (χ4n) is 1.92. The predicted octanol–water partition coefficient (Wildman–Crippen LogP) is 2.14. The van der Waals surface area contributed by atoms with Crippen LogP contribution < -0.4 is 4.74 Å². The Labute approximate surface area is 100 Å². The average Bonchev–Trinajstić information content (AvgIpc) is 2.83. The maximum absolute atomic E-state index is 13.3. The average molecular weight is 237 g/mol. The van der Waals surface area contributed by atoms with Crippen molar-refractivity contribution in [1.29, 1.82) is 0 Å². The molecule has 1 aliphatic rings. The van der Waals surface area contributed by atoms with E-state index in [-0.39, 0.29) is 18.3 Å². The first kappa shape index (κ1) is 11.9. The van der Waals surface area contributed by atoms with Gasteiger partial charge in [0.25, 0.3) is 5.91 Å². The molecule has 1 aliphatic heterocycles. The van der Waals surface area contributed by atoms with Crippen LogP contribution in [0.2, 0.25) is 0 Å². The molecule has 0 aromatic heterocycles. The Hall–Kier alpha value is -1.58. The van der Waals surface area contributed by atoms with Gasteiger partial charge in [0.15, 0.2) is 18.2 Å². The maximum Gasteiger partial charge on any atom is 0.260 e. The highest BCUT2D eigenvalue weighted by molar-refractivity contribution is 5.78. The molecule has 1 saturated heterocycles. The van der Waals surface area contributed by atoms with Crippen molar-refractivity contribution in [3.63, 3.8) is 0 Å². The summed E-state index contributed by atoms with van der Waals surface area (Å²) in [5, 5.41) is 0. The second kappa shape index (κ2) is 5.17. The highest BCUT2D eigenvalue weighted by atomic mass is 19.1. The third-order valence-electron chi connectivity index (χ3n) is 2.90. The van der Waals surface area contributed by atoms with E-state index >= 15 is 0 Å². The van der Waals surface area contributed by atoms with Gasteiger partial charge in [0.1, 0.15) is 0 Å². The monoisotopic (exact) mass is 237 g/mol. The number of carbonyl (C=O) groups is 1. The van der Waals surface area contributed by atoms with E-state index < -0.39 is 5.82 Å². The molecule has 1 aromatic carbocycles. The SMILES string of the molecule is Cc1ccc(F)c(OCC(=O)N2CCCC2)c1. The molecule has 1 amide bonds. The second-order valence-corrected chi connectivity index (χ2v) is 4.31. The third-order valence-corrected chi connectivity index (χ3v) is 2.90. The molecule has 0 N–H and O–H groups in total. The standard InChI is InChI=1S/C13H16FNO2/c1-10-4-5-11(14)12(8-10)17-9-13(16)15-6-2-3-7-15/h4-5,8H,2-3,6-7,9H2,1H3. The van der Waals surface area contributed by atoms with E-state index in [0.717, 1.165) is 31.5 Å². The normalized spacial score (nSPS) is 15.1. The lowest BCUT2D eigenvalue weighted by atomic mass is 10.2. The van der Waals surface area contributed by atoms with Crippen LogP contribution in [0, 0.1) is 12.7 Å². The first-order valence-corrected chi connectivity index (χ1v) is 5.83. The lowest BCUT2D eigenvalue weighted by molar-refractivity contribution is -0.132. The van der Waals surface area contributed by atoms with Gasteiger partial charge in [-0.25, -0.2) is 4.39 Å². The molecule has 0 saturated carbocycles. The number of rotatable bonds is 3. The van der Waals surface area contributed by atoms with E-state index in [2.05, 4.69) is 0 Å². The van der Waals surface area contributed by atoms with Gasteiger partial charge in [-0.1, -0.05) is 6.07 Å². The van der Waals surface area contributed by atoms with Crippen LogP contribution in [0.25, 0.3) is 0 Å². The summed E-state index contributed by atoms with van der Waals surface area (Å²) in [6.45, 7) is 3.35. The molecule has 0 aliphatic carbocycles. The third kappa shape index (κ3) is 2.96. The van der Waals surface area contributed by atoms with Crippen molar-refractivity contribution in [3.05, 3.63) is 29.6 Å². The number of aryl methyl sites for hydroxylation is 1. The topological polar surface area (TPSA) is 29.5 Å². The van der Waals surface area contributed by atoms with Crippen molar-refractivity contribution in [2.75, 3.05) is 19.7 Å². The highest BCUT2D eigenvalue weighted by Crippen LogP contribution is 2.18. The molecule has 17 heavy (non-hydrogen) atoms. The van der Waals surface area contributed by atoms with Crippen LogP contribution in [0.5, 0.6) is 5.75 Å². The summed E-state index contributed by atoms with van der Waals surface area (Å²) >= 11 is 0. The molecule has 2 rings (SSSR count). The molecular formula is C13H16FNO2. The van der Waals surface area contributed by atoms with Gasteiger partial charge in [-0.05, 0) is 37.5 Å². The summed E-state index contributed by atoms with van der Waals surface area (Å²) in [7, 11) is 0. The van der Waals surface area contributed by atoms with E-state index in [1.54, 1.807) is 17.0 Å². The highest BCUT2D eigenvalue weighted by Gasteiger charge is 2.18. The van der Waals surface area contributed by atoms with Gasteiger partial charge < -0.3 is 9.64 Å². The van der Waals surface area contributed by atoms with Gasteiger partial charge >= 0.3 is 0 Å². The van der Waals surface area contributed by atoms with Crippen molar-refractivity contribution in [2.24, 2.45) is 0 Å². The van der Waals surface area contributed by atoms with Crippen LogP contribution in [-0.4, -0.2) is 30.5 Å². The predicted molar refractivity (Wildman–Crippen MR) is 62.4 cm³/mol. The number of nitrogens with zero attached hydrogens (tertiary/aromatic N) is 1. The minimum absolute atomic E-state index is 0.0663. The zero-order valence-electron chi connectivity index (χ0n) is 9.91. The van der Waals surface area contributed by atoms with Crippen LogP contribution in [0.4, 0.5) is 4.39 Å². The number of halogens is 1.